The molecule has 0 fully saturated rings. The zero-order chi connectivity index (χ0) is 9.84. The van der Waals surface area contributed by atoms with Crippen molar-refractivity contribution in [2.45, 2.75) is 13.3 Å². The molecule has 0 heterocycles. The molecule has 0 atom stereocenters. The van der Waals surface area contributed by atoms with Crippen LogP contribution in [0.2, 0.25) is 0 Å². The Morgan fingerprint density at radius 1 is 1.31 bits per heavy atom. The smallest absolute Gasteiger partial charge is 0.226 e. The summed E-state index contributed by atoms with van der Waals surface area (Å²) < 4.78 is 0. The summed E-state index contributed by atoms with van der Waals surface area (Å²) in [6, 6.07) is 7.97. The van der Waals surface area contributed by atoms with E-state index in [2.05, 4.69) is 0 Å². The summed E-state index contributed by atoms with van der Waals surface area (Å²) in [7, 11) is 3.56. The minimum Gasteiger partial charge on any atom is -0.349 e. The van der Waals surface area contributed by atoms with Crippen molar-refractivity contribution in [2.24, 2.45) is 0 Å². The fourth-order valence-corrected chi connectivity index (χ4v) is 1.13. The lowest BCUT2D eigenvalue weighted by Crippen LogP contribution is -2.23. The minimum atomic E-state index is 0.148. The second kappa shape index (κ2) is 4.08. The van der Waals surface area contributed by atoms with Crippen LogP contribution >= 0.6 is 0 Å². The molecule has 0 aliphatic rings. The van der Waals surface area contributed by atoms with E-state index < -0.39 is 0 Å². The van der Waals surface area contributed by atoms with Gasteiger partial charge < -0.3 is 4.90 Å². The molecular formula is C11H15NO. The van der Waals surface area contributed by atoms with E-state index in [1.54, 1.807) is 19.0 Å². The van der Waals surface area contributed by atoms with Crippen LogP contribution in [0.5, 0.6) is 0 Å². The van der Waals surface area contributed by atoms with Gasteiger partial charge in [-0.25, -0.2) is 0 Å². The first-order chi connectivity index (χ1) is 6.11. The van der Waals surface area contributed by atoms with Gasteiger partial charge in [0, 0.05) is 14.1 Å². The maximum absolute atomic E-state index is 11.4. The average molecular weight is 177 g/mol. The highest BCUT2D eigenvalue weighted by molar-refractivity contribution is 5.78. The van der Waals surface area contributed by atoms with Crippen LogP contribution in [0.4, 0.5) is 0 Å². The van der Waals surface area contributed by atoms with Crippen molar-refractivity contribution in [3.8, 4) is 0 Å². The van der Waals surface area contributed by atoms with Gasteiger partial charge in [0.1, 0.15) is 0 Å². The molecular weight excluding hydrogens is 162 g/mol. The van der Waals surface area contributed by atoms with Crippen molar-refractivity contribution in [1.82, 2.24) is 4.90 Å². The van der Waals surface area contributed by atoms with Gasteiger partial charge in [0.2, 0.25) is 5.91 Å². The van der Waals surface area contributed by atoms with Gasteiger partial charge in [-0.15, -0.1) is 0 Å². The lowest BCUT2D eigenvalue weighted by atomic mass is 10.1. The largest absolute Gasteiger partial charge is 0.349 e. The molecule has 1 rings (SSSR count). The summed E-state index contributed by atoms with van der Waals surface area (Å²) in [6.07, 6.45) is 0.500. The van der Waals surface area contributed by atoms with E-state index >= 15 is 0 Å². The molecule has 0 spiro atoms. The van der Waals surface area contributed by atoms with E-state index in [4.69, 9.17) is 0 Å². The predicted molar refractivity (Wildman–Crippen MR) is 53.6 cm³/mol. The molecule has 2 nitrogen and oxygen atoms in total. The normalized spacial score (nSPS) is 9.77. The minimum absolute atomic E-state index is 0.148. The number of amides is 1. The molecule has 0 radical (unpaired) electrons. The van der Waals surface area contributed by atoms with Crippen LogP contribution in [0.3, 0.4) is 0 Å². The molecule has 0 saturated heterocycles. The fraction of sp³-hybridized carbons (Fsp3) is 0.364. The summed E-state index contributed by atoms with van der Waals surface area (Å²) in [6.45, 7) is 2.03. The van der Waals surface area contributed by atoms with E-state index in [1.807, 2.05) is 31.2 Å². The van der Waals surface area contributed by atoms with Crippen molar-refractivity contribution in [3.05, 3.63) is 35.4 Å². The number of benzene rings is 1. The maximum atomic E-state index is 11.4. The van der Waals surface area contributed by atoms with E-state index in [0.717, 1.165) is 5.56 Å². The molecule has 70 valence electrons. The Balaban J connectivity index is 2.75. The Hall–Kier alpha value is -1.31. The first kappa shape index (κ1) is 9.78. The molecule has 0 aliphatic heterocycles. The highest BCUT2D eigenvalue weighted by atomic mass is 16.2. The Morgan fingerprint density at radius 2 is 1.92 bits per heavy atom. The molecule has 0 N–H and O–H groups in total. The molecule has 0 aliphatic carbocycles. The molecule has 0 unspecified atom stereocenters. The Kier molecular flexibility index (Phi) is 3.07. The quantitative estimate of drug-likeness (QED) is 0.672. The number of hydrogen-bond acceptors (Lipinski definition) is 1. The average Bonchev–Trinajstić information content (AvgIpc) is 2.08. The lowest BCUT2D eigenvalue weighted by molar-refractivity contribution is -0.127. The lowest BCUT2D eigenvalue weighted by Gasteiger charge is -2.11. The number of nitrogens with zero attached hydrogens (tertiary/aromatic N) is 1. The Bertz CT molecular complexity index is 305. The third kappa shape index (κ3) is 2.58. The summed E-state index contributed by atoms with van der Waals surface area (Å²) in [5.74, 6) is 0.148. The SMILES string of the molecule is Cc1ccccc1CC(=O)N(C)C. The molecule has 1 amide bonds. The maximum Gasteiger partial charge on any atom is 0.226 e. The van der Waals surface area contributed by atoms with E-state index in [-0.39, 0.29) is 5.91 Å². The van der Waals surface area contributed by atoms with E-state index in [9.17, 15) is 4.79 Å². The standard InChI is InChI=1S/C11H15NO/c1-9-6-4-5-7-10(9)8-11(13)12(2)3/h4-7H,8H2,1-3H3. The third-order valence-corrected chi connectivity index (χ3v) is 2.10. The van der Waals surface area contributed by atoms with Crippen LogP contribution in [0, 0.1) is 6.92 Å². The van der Waals surface area contributed by atoms with Crippen LogP contribution in [0.25, 0.3) is 0 Å². The highest BCUT2D eigenvalue weighted by Gasteiger charge is 2.06. The van der Waals surface area contributed by atoms with Gasteiger partial charge in [-0.3, -0.25) is 4.79 Å². The first-order valence-electron chi connectivity index (χ1n) is 4.36. The van der Waals surface area contributed by atoms with Crippen LogP contribution in [0.15, 0.2) is 24.3 Å². The van der Waals surface area contributed by atoms with Crippen LogP contribution in [0.1, 0.15) is 11.1 Å². The Labute approximate surface area is 79.2 Å². The summed E-state index contributed by atoms with van der Waals surface area (Å²) >= 11 is 0. The van der Waals surface area contributed by atoms with Gasteiger partial charge in [0.25, 0.3) is 0 Å². The van der Waals surface area contributed by atoms with Gasteiger partial charge in [0.15, 0.2) is 0 Å². The molecule has 0 bridgehead atoms. The number of hydrogen-bond donors (Lipinski definition) is 0. The first-order valence-corrected chi connectivity index (χ1v) is 4.36. The van der Waals surface area contributed by atoms with Crippen molar-refractivity contribution in [2.75, 3.05) is 14.1 Å². The van der Waals surface area contributed by atoms with Crippen molar-refractivity contribution >= 4 is 5.91 Å². The van der Waals surface area contributed by atoms with Gasteiger partial charge in [-0.05, 0) is 18.1 Å². The van der Waals surface area contributed by atoms with E-state index in [0.29, 0.717) is 6.42 Å². The van der Waals surface area contributed by atoms with Gasteiger partial charge >= 0.3 is 0 Å². The molecule has 2 heteroatoms. The monoisotopic (exact) mass is 177 g/mol. The molecule has 0 saturated carbocycles. The van der Waals surface area contributed by atoms with Gasteiger partial charge in [-0.2, -0.15) is 0 Å². The second-order valence-electron chi connectivity index (χ2n) is 3.39. The number of carbonyl (C=O) groups is 1. The van der Waals surface area contributed by atoms with Crippen LogP contribution < -0.4 is 0 Å². The topological polar surface area (TPSA) is 20.3 Å². The van der Waals surface area contributed by atoms with Crippen molar-refractivity contribution < 1.29 is 4.79 Å². The molecule has 1 aromatic carbocycles. The Morgan fingerprint density at radius 3 is 2.46 bits per heavy atom. The number of aryl methyl sites for hydroxylation is 1. The van der Waals surface area contributed by atoms with Crippen LogP contribution in [-0.2, 0) is 11.2 Å². The number of likely N-dealkylation sites (N-methyl/N-ethyl adjacent to an activating group) is 1. The summed E-state index contributed by atoms with van der Waals surface area (Å²) in [5.41, 5.74) is 2.29. The van der Waals surface area contributed by atoms with Gasteiger partial charge in [-0.1, -0.05) is 24.3 Å². The predicted octanol–water partition coefficient (Wildman–Crippen LogP) is 1.63. The molecule has 0 aromatic heterocycles. The van der Waals surface area contributed by atoms with E-state index in [1.165, 1.54) is 5.56 Å². The number of carbonyl (C=O) groups excluding carboxylic acids is 1. The third-order valence-electron chi connectivity index (χ3n) is 2.10. The fourth-order valence-electron chi connectivity index (χ4n) is 1.13. The van der Waals surface area contributed by atoms with Crippen molar-refractivity contribution in [1.29, 1.82) is 0 Å². The van der Waals surface area contributed by atoms with Crippen LogP contribution in [-0.4, -0.2) is 24.9 Å². The summed E-state index contributed by atoms with van der Waals surface area (Å²) in [4.78, 5) is 13.0. The highest BCUT2D eigenvalue weighted by Crippen LogP contribution is 2.08. The zero-order valence-electron chi connectivity index (χ0n) is 8.37. The second-order valence-corrected chi connectivity index (χ2v) is 3.39. The van der Waals surface area contributed by atoms with Crippen molar-refractivity contribution in [3.63, 3.8) is 0 Å². The molecule has 1 aromatic rings. The zero-order valence-corrected chi connectivity index (χ0v) is 8.37. The summed E-state index contributed by atoms with van der Waals surface area (Å²) in [5, 5.41) is 0. The van der Waals surface area contributed by atoms with Gasteiger partial charge in [0.05, 0.1) is 6.42 Å². The number of rotatable bonds is 2. The molecule has 13 heavy (non-hydrogen) atoms.